The maximum atomic E-state index is 12.2. The van der Waals surface area contributed by atoms with Gasteiger partial charge in [-0.25, -0.2) is 0 Å². The van der Waals surface area contributed by atoms with Crippen LogP contribution in [-0.2, 0) is 4.79 Å². The lowest BCUT2D eigenvalue weighted by atomic mass is 10.1. The smallest absolute Gasteiger partial charge is 0.234 e. The Labute approximate surface area is 169 Å². The molecule has 3 nitrogen and oxygen atoms in total. The molecule has 0 aliphatic heterocycles. The van der Waals surface area contributed by atoms with Crippen LogP contribution < -0.4 is 10.6 Å². The Morgan fingerprint density at radius 2 is 1.81 bits per heavy atom. The molecule has 2 N–H and O–H groups in total. The van der Waals surface area contributed by atoms with Gasteiger partial charge >= 0.3 is 0 Å². The number of hydrogen-bond acceptors (Lipinski definition) is 4. The van der Waals surface area contributed by atoms with E-state index in [-0.39, 0.29) is 11.9 Å². The Balaban J connectivity index is 1.44. The summed E-state index contributed by atoms with van der Waals surface area (Å²) < 4.78 is 0. The van der Waals surface area contributed by atoms with Gasteiger partial charge in [0, 0.05) is 22.1 Å². The summed E-state index contributed by atoms with van der Waals surface area (Å²) in [7, 11) is 0. The van der Waals surface area contributed by atoms with E-state index in [9.17, 15) is 4.79 Å². The van der Waals surface area contributed by atoms with Gasteiger partial charge in [0.05, 0.1) is 12.6 Å². The maximum Gasteiger partial charge on any atom is 0.234 e. The van der Waals surface area contributed by atoms with Crippen molar-refractivity contribution in [2.45, 2.75) is 17.9 Å². The summed E-state index contributed by atoms with van der Waals surface area (Å²) >= 11 is 3.46. The Hall–Kier alpha value is -2.08. The molecular weight excluding hydrogens is 372 g/mol. The maximum absolute atomic E-state index is 12.2. The van der Waals surface area contributed by atoms with E-state index in [1.54, 1.807) is 23.1 Å². The molecule has 0 saturated heterocycles. The number of carbonyl (C=O) groups is 1. The summed E-state index contributed by atoms with van der Waals surface area (Å²) in [6.07, 6.45) is 0. The Kier molecular flexibility index (Phi) is 7.51. The third kappa shape index (κ3) is 6.24. The summed E-state index contributed by atoms with van der Waals surface area (Å²) in [6, 6.07) is 22.9. The van der Waals surface area contributed by atoms with Gasteiger partial charge in [-0.1, -0.05) is 54.1 Å². The van der Waals surface area contributed by atoms with E-state index in [4.69, 9.17) is 0 Å². The van der Waals surface area contributed by atoms with Crippen LogP contribution in [0.1, 0.15) is 22.0 Å². The number of thiophene rings is 1. The molecule has 3 rings (SSSR count). The van der Waals surface area contributed by atoms with Crippen LogP contribution in [0.2, 0.25) is 0 Å². The van der Waals surface area contributed by atoms with E-state index < -0.39 is 0 Å². The Morgan fingerprint density at radius 1 is 1.04 bits per heavy atom. The molecule has 27 heavy (non-hydrogen) atoms. The fraction of sp³-hybridized carbons (Fsp3) is 0.227. The summed E-state index contributed by atoms with van der Waals surface area (Å²) in [4.78, 5) is 14.7. The van der Waals surface area contributed by atoms with Crippen molar-refractivity contribution in [3.05, 3.63) is 88.1 Å². The second-order valence-corrected chi connectivity index (χ2v) is 8.40. The van der Waals surface area contributed by atoms with E-state index in [0.29, 0.717) is 13.1 Å². The molecule has 3 aromatic rings. The molecule has 0 fully saturated rings. The SMILES string of the molecule is Cc1ccc(SCCNC(=O)CN[C@H](c2ccccc2)c2cccs2)cc1. The molecule has 0 bridgehead atoms. The normalized spacial score (nSPS) is 11.9. The van der Waals surface area contributed by atoms with E-state index in [0.717, 1.165) is 5.75 Å². The zero-order valence-electron chi connectivity index (χ0n) is 15.4. The molecule has 0 saturated carbocycles. The van der Waals surface area contributed by atoms with Crippen molar-refractivity contribution in [2.75, 3.05) is 18.8 Å². The largest absolute Gasteiger partial charge is 0.354 e. The van der Waals surface area contributed by atoms with Crippen LogP contribution in [0.15, 0.2) is 77.0 Å². The highest BCUT2D eigenvalue weighted by Crippen LogP contribution is 2.25. The van der Waals surface area contributed by atoms with Crippen LogP contribution >= 0.6 is 23.1 Å². The molecule has 0 aliphatic rings. The van der Waals surface area contributed by atoms with Crippen LogP contribution in [0.4, 0.5) is 0 Å². The predicted molar refractivity (Wildman–Crippen MR) is 116 cm³/mol. The van der Waals surface area contributed by atoms with Crippen molar-refractivity contribution >= 4 is 29.0 Å². The van der Waals surface area contributed by atoms with Crippen molar-refractivity contribution in [1.29, 1.82) is 0 Å². The van der Waals surface area contributed by atoms with Crippen molar-refractivity contribution in [3.63, 3.8) is 0 Å². The zero-order valence-corrected chi connectivity index (χ0v) is 17.0. The predicted octanol–water partition coefficient (Wildman–Crippen LogP) is 4.64. The molecular formula is C22H24N2OS2. The molecule has 0 spiro atoms. The third-order valence-corrected chi connectivity index (χ3v) is 6.09. The van der Waals surface area contributed by atoms with Gasteiger partial charge in [-0.15, -0.1) is 23.1 Å². The first-order valence-corrected chi connectivity index (χ1v) is 10.9. The van der Waals surface area contributed by atoms with Crippen molar-refractivity contribution < 1.29 is 4.79 Å². The topological polar surface area (TPSA) is 41.1 Å². The Morgan fingerprint density at radius 3 is 2.52 bits per heavy atom. The molecule has 5 heteroatoms. The molecule has 1 amide bonds. The molecule has 2 aromatic carbocycles. The molecule has 0 unspecified atom stereocenters. The van der Waals surface area contributed by atoms with Gasteiger partial charge < -0.3 is 5.32 Å². The fourth-order valence-electron chi connectivity index (χ4n) is 2.73. The highest BCUT2D eigenvalue weighted by Gasteiger charge is 2.15. The number of carbonyl (C=O) groups excluding carboxylic acids is 1. The third-order valence-electron chi connectivity index (χ3n) is 4.14. The van der Waals surface area contributed by atoms with Gasteiger partial charge in [-0.05, 0) is 36.1 Å². The molecule has 1 aromatic heterocycles. The van der Waals surface area contributed by atoms with Gasteiger partial charge in [0.15, 0.2) is 0 Å². The minimum Gasteiger partial charge on any atom is -0.354 e. The van der Waals surface area contributed by atoms with E-state index in [1.165, 1.54) is 20.9 Å². The van der Waals surface area contributed by atoms with Gasteiger partial charge in [0.25, 0.3) is 0 Å². The summed E-state index contributed by atoms with van der Waals surface area (Å²) in [5.74, 6) is 0.888. The quantitative estimate of drug-likeness (QED) is 0.409. The lowest BCUT2D eigenvalue weighted by Crippen LogP contribution is -2.36. The average molecular weight is 397 g/mol. The van der Waals surface area contributed by atoms with Gasteiger partial charge in [0.2, 0.25) is 5.91 Å². The van der Waals surface area contributed by atoms with Crippen LogP contribution in [0, 0.1) is 6.92 Å². The van der Waals surface area contributed by atoms with Crippen LogP contribution in [0.25, 0.3) is 0 Å². The van der Waals surface area contributed by atoms with Crippen LogP contribution in [-0.4, -0.2) is 24.7 Å². The number of nitrogens with one attached hydrogen (secondary N) is 2. The number of rotatable bonds is 9. The number of aryl methyl sites for hydroxylation is 1. The van der Waals surface area contributed by atoms with Gasteiger partial charge in [-0.3, -0.25) is 10.1 Å². The number of hydrogen-bond donors (Lipinski definition) is 2. The molecule has 0 radical (unpaired) electrons. The number of amides is 1. The minimum atomic E-state index is 0.0250. The zero-order chi connectivity index (χ0) is 18.9. The average Bonchev–Trinajstić information content (AvgIpc) is 3.22. The van der Waals surface area contributed by atoms with E-state index in [1.807, 2.05) is 24.3 Å². The first-order chi connectivity index (χ1) is 13.2. The molecule has 0 aliphatic carbocycles. The van der Waals surface area contributed by atoms with Gasteiger partial charge in [0.1, 0.15) is 0 Å². The highest BCUT2D eigenvalue weighted by molar-refractivity contribution is 7.99. The van der Waals surface area contributed by atoms with Crippen molar-refractivity contribution in [2.24, 2.45) is 0 Å². The monoisotopic (exact) mass is 396 g/mol. The fourth-order valence-corrected chi connectivity index (χ4v) is 4.33. The lowest BCUT2D eigenvalue weighted by Gasteiger charge is -2.18. The first-order valence-electron chi connectivity index (χ1n) is 9.00. The second kappa shape index (κ2) is 10.3. The second-order valence-electron chi connectivity index (χ2n) is 6.25. The summed E-state index contributed by atoms with van der Waals surface area (Å²) in [6.45, 7) is 3.04. The van der Waals surface area contributed by atoms with Crippen LogP contribution in [0.3, 0.4) is 0 Å². The Bertz CT molecular complexity index is 817. The van der Waals surface area contributed by atoms with E-state index >= 15 is 0 Å². The standard InChI is InChI=1S/C22H24N2OS2/c1-17-9-11-19(12-10-17)26-15-13-23-21(25)16-24-22(20-8-5-14-27-20)18-6-3-2-4-7-18/h2-12,14,22,24H,13,15-16H2,1H3,(H,23,25)/t22-/m1/s1. The summed E-state index contributed by atoms with van der Waals surface area (Å²) in [5.41, 5.74) is 2.43. The van der Waals surface area contributed by atoms with Gasteiger partial charge in [-0.2, -0.15) is 0 Å². The minimum absolute atomic E-state index is 0.0250. The van der Waals surface area contributed by atoms with Crippen LogP contribution in [0.5, 0.6) is 0 Å². The number of benzene rings is 2. The van der Waals surface area contributed by atoms with Crippen molar-refractivity contribution in [1.82, 2.24) is 10.6 Å². The van der Waals surface area contributed by atoms with Crippen molar-refractivity contribution in [3.8, 4) is 0 Å². The van der Waals surface area contributed by atoms with E-state index in [2.05, 4.69) is 65.4 Å². The lowest BCUT2D eigenvalue weighted by molar-refractivity contribution is -0.120. The number of thioether (sulfide) groups is 1. The molecule has 140 valence electrons. The molecule has 1 atom stereocenters. The highest BCUT2D eigenvalue weighted by atomic mass is 32.2. The summed E-state index contributed by atoms with van der Waals surface area (Å²) in [5, 5.41) is 8.46. The molecule has 1 heterocycles. The first kappa shape index (κ1) is 19.7.